The monoisotopic (exact) mass is 294 g/mol. The highest BCUT2D eigenvalue weighted by atomic mass is 32.1. The zero-order chi connectivity index (χ0) is 14.7. The first-order valence-electron chi connectivity index (χ1n) is 7.20. The van der Waals surface area contributed by atoms with E-state index in [0.29, 0.717) is 25.9 Å². The normalized spacial score (nSPS) is 16.4. The predicted molar refractivity (Wildman–Crippen MR) is 80.9 cm³/mol. The van der Waals surface area contributed by atoms with Crippen molar-refractivity contribution in [3.8, 4) is 0 Å². The van der Waals surface area contributed by atoms with Crippen molar-refractivity contribution >= 4 is 23.2 Å². The van der Waals surface area contributed by atoms with Gasteiger partial charge in [-0.2, -0.15) is 0 Å². The van der Waals surface area contributed by atoms with E-state index in [-0.39, 0.29) is 17.7 Å². The Morgan fingerprint density at radius 3 is 2.60 bits per heavy atom. The van der Waals surface area contributed by atoms with E-state index in [1.54, 1.807) is 11.3 Å². The molecule has 1 aromatic rings. The van der Waals surface area contributed by atoms with Crippen molar-refractivity contribution in [1.82, 2.24) is 4.90 Å². The molecule has 1 aliphatic heterocycles. The molecule has 0 spiro atoms. The number of nitrogens with zero attached hydrogens (tertiary/aromatic N) is 1. The molecule has 2 heterocycles. The van der Waals surface area contributed by atoms with Gasteiger partial charge in [0.05, 0.1) is 4.88 Å². The lowest BCUT2D eigenvalue weighted by Gasteiger charge is -2.30. The number of amides is 2. The highest BCUT2D eigenvalue weighted by molar-refractivity contribution is 7.14. The number of nitrogens with two attached hydrogens (primary N) is 1. The van der Waals surface area contributed by atoms with Crippen molar-refractivity contribution < 1.29 is 9.59 Å². The number of carbonyl (C=O) groups is 2. The molecule has 0 unspecified atom stereocenters. The minimum absolute atomic E-state index is 0.0697. The number of primary amides is 1. The van der Waals surface area contributed by atoms with Gasteiger partial charge in [-0.1, -0.05) is 13.3 Å². The first kappa shape index (κ1) is 15.0. The number of hydrogen-bond donors (Lipinski definition) is 1. The first-order valence-corrected chi connectivity index (χ1v) is 8.02. The van der Waals surface area contributed by atoms with E-state index in [2.05, 4.69) is 13.8 Å². The Labute approximate surface area is 124 Å². The van der Waals surface area contributed by atoms with E-state index in [4.69, 9.17) is 5.73 Å². The molecule has 1 saturated heterocycles. The zero-order valence-electron chi connectivity index (χ0n) is 12.1. The van der Waals surface area contributed by atoms with Gasteiger partial charge in [0, 0.05) is 23.9 Å². The molecule has 110 valence electrons. The van der Waals surface area contributed by atoms with Crippen LogP contribution in [0.4, 0.5) is 0 Å². The van der Waals surface area contributed by atoms with Crippen LogP contribution >= 0.6 is 11.3 Å². The highest BCUT2D eigenvalue weighted by Gasteiger charge is 2.27. The van der Waals surface area contributed by atoms with Crippen molar-refractivity contribution in [3.05, 3.63) is 21.4 Å². The lowest BCUT2D eigenvalue weighted by atomic mass is 9.96. The Kier molecular flexibility index (Phi) is 4.81. The minimum Gasteiger partial charge on any atom is -0.369 e. The van der Waals surface area contributed by atoms with Crippen molar-refractivity contribution in [2.24, 2.45) is 11.7 Å². The summed E-state index contributed by atoms with van der Waals surface area (Å²) >= 11 is 1.58. The molecule has 0 radical (unpaired) electrons. The van der Waals surface area contributed by atoms with E-state index in [1.807, 2.05) is 11.0 Å². The third-order valence-electron chi connectivity index (χ3n) is 3.94. The van der Waals surface area contributed by atoms with Crippen LogP contribution in [0, 0.1) is 12.8 Å². The molecule has 0 aliphatic carbocycles. The highest BCUT2D eigenvalue weighted by Crippen LogP contribution is 2.26. The number of piperidine rings is 1. The van der Waals surface area contributed by atoms with Crippen molar-refractivity contribution in [1.29, 1.82) is 0 Å². The maximum absolute atomic E-state index is 12.5. The summed E-state index contributed by atoms with van der Waals surface area (Å²) in [6.45, 7) is 5.48. The Bertz CT molecular complexity index is 502. The molecule has 2 amide bonds. The summed E-state index contributed by atoms with van der Waals surface area (Å²) in [7, 11) is 0. The van der Waals surface area contributed by atoms with Gasteiger partial charge in [-0.25, -0.2) is 0 Å². The summed E-state index contributed by atoms with van der Waals surface area (Å²) in [4.78, 5) is 27.5. The van der Waals surface area contributed by atoms with E-state index < -0.39 is 0 Å². The fourth-order valence-corrected chi connectivity index (χ4v) is 3.71. The summed E-state index contributed by atoms with van der Waals surface area (Å²) in [5, 5.41) is 0. The van der Waals surface area contributed by atoms with E-state index in [9.17, 15) is 9.59 Å². The van der Waals surface area contributed by atoms with Crippen LogP contribution in [0.25, 0.3) is 0 Å². The van der Waals surface area contributed by atoms with Crippen LogP contribution in [0.3, 0.4) is 0 Å². The molecule has 20 heavy (non-hydrogen) atoms. The molecule has 4 nitrogen and oxygen atoms in total. The molecule has 1 aliphatic rings. The van der Waals surface area contributed by atoms with E-state index >= 15 is 0 Å². The van der Waals surface area contributed by atoms with Gasteiger partial charge in [0.15, 0.2) is 0 Å². The molecule has 0 saturated carbocycles. The van der Waals surface area contributed by atoms with Crippen molar-refractivity contribution in [3.63, 3.8) is 0 Å². The number of carbonyl (C=O) groups excluding carboxylic acids is 2. The predicted octanol–water partition coefficient (Wildman–Crippen LogP) is 2.35. The third kappa shape index (κ3) is 3.20. The van der Waals surface area contributed by atoms with Gasteiger partial charge in [-0.3, -0.25) is 9.59 Å². The van der Waals surface area contributed by atoms with Crippen LogP contribution in [0.5, 0.6) is 0 Å². The smallest absolute Gasteiger partial charge is 0.263 e. The Hall–Kier alpha value is -1.36. The van der Waals surface area contributed by atoms with Gasteiger partial charge in [0.2, 0.25) is 5.91 Å². The number of thiophene rings is 1. The fourth-order valence-electron chi connectivity index (χ4n) is 2.67. The van der Waals surface area contributed by atoms with Crippen LogP contribution in [-0.2, 0) is 11.2 Å². The van der Waals surface area contributed by atoms with Crippen LogP contribution < -0.4 is 5.73 Å². The van der Waals surface area contributed by atoms with Crippen LogP contribution in [0.2, 0.25) is 0 Å². The average Bonchev–Trinajstić information content (AvgIpc) is 2.80. The largest absolute Gasteiger partial charge is 0.369 e. The summed E-state index contributed by atoms with van der Waals surface area (Å²) in [6.07, 6.45) is 3.50. The maximum atomic E-state index is 12.5. The molecule has 0 bridgehead atoms. The lowest BCUT2D eigenvalue weighted by molar-refractivity contribution is -0.123. The lowest BCUT2D eigenvalue weighted by Crippen LogP contribution is -2.41. The summed E-state index contributed by atoms with van der Waals surface area (Å²) in [5.74, 6) is -0.211. The van der Waals surface area contributed by atoms with E-state index in [1.165, 1.54) is 10.4 Å². The second-order valence-corrected chi connectivity index (χ2v) is 6.67. The van der Waals surface area contributed by atoms with Crippen LogP contribution in [0.1, 0.15) is 46.3 Å². The molecule has 0 atom stereocenters. The molecular formula is C15H22N2O2S. The van der Waals surface area contributed by atoms with Gasteiger partial charge in [0.1, 0.15) is 0 Å². The number of likely N-dealkylation sites (tertiary alicyclic amines) is 1. The quantitative estimate of drug-likeness (QED) is 0.926. The molecule has 1 aromatic heterocycles. The molecule has 5 heteroatoms. The maximum Gasteiger partial charge on any atom is 0.263 e. The average molecular weight is 294 g/mol. The molecular weight excluding hydrogens is 272 g/mol. The van der Waals surface area contributed by atoms with Gasteiger partial charge < -0.3 is 10.6 Å². The summed E-state index contributed by atoms with van der Waals surface area (Å²) in [6, 6.07) is 2.03. The molecule has 2 rings (SSSR count). The molecule has 1 fully saturated rings. The van der Waals surface area contributed by atoms with Gasteiger partial charge in [0.25, 0.3) is 5.91 Å². The molecule has 0 aromatic carbocycles. The van der Waals surface area contributed by atoms with Gasteiger partial charge in [-0.05, 0) is 37.8 Å². The molecule has 2 N–H and O–H groups in total. The number of rotatable bonds is 4. The SMILES string of the molecule is CCCc1cc(C(=O)N2CCC(C(N)=O)CC2)sc1C. The third-order valence-corrected chi connectivity index (χ3v) is 5.02. The first-order chi connectivity index (χ1) is 9.52. The fraction of sp³-hybridized carbons (Fsp3) is 0.600. The van der Waals surface area contributed by atoms with Crippen LogP contribution in [0.15, 0.2) is 6.07 Å². The van der Waals surface area contributed by atoms with Crippen LogP contribution in [-0.4, -0.2) is 29.8 Å². The second-order valence-electron chi connectivity index (χ2n) is 5.41. The minimum atomic E-state index is -0.241. The number of aryl methyl sites for hydroxylation is 2. The topological polar surface area (TPSA) is 63.4 Å². The van der Waals surface area contributed by atoms with Gasteiger partial charge >= 0.3 is 0 Å². The van der Waals surface area contributed by atoms with E-state index in [0.717, 1.165) is 17.7 Å². The zero-order valence-corrected chi connectivity index (χ0v) is 13.0. The number of hydrogen-bond acceptors (Lipinski definition) is 3. The summed E-state index contributed by atoms with van der Waals surface area (Å²) in [5.41, 5.74) is 6.60. The van der Waals surface area contributed by atoms with Gasteiger partial charge in [-0.15, -0.1) is 11.3 Å². The summed E-state index contributed by atoms with van der Waals surface area (Å²) < 4.78 is 0. The van der Waals surface area contributed by atoms with Crippen molar-refractivity contribution in [2.75, 3.05) is 13.1 Å². The Morgan fingerprint density at radius 2 is 2.05 bits per heavy atom. The Balaban J connectivity index is 2.02. The standard InChI is InChI=1S/C15H22N2O2S/c1-3-4-12-9-13(20-10(12)2)15(19)17-7-5-11(6-8-17)14(16)18/h9,11H,3-8H2,1-2H3,(H2,16,18). The Morgan fingerprint density at radius 1 is 1.40 bits per heavy atom. The van der Waals surface area contributed by atoms with Crippen molar-refractivity contribution in [2.45, 2.75) is 39.5 Å². The second kappa shape index (κ2) is 6.39.